The summed E-state index contributed by atoms with van der Waals surface area (Å²) in [6, 6.07) is 5.57. The summed E-state index contributed by atoms with van der Waals surface area (Å²) in [5.41, 5.74) is 0.892. The highest BCUT2D eigenvalue weighted by Gasteiger charge is 2.25. The van der Waals surface area contributed by atoms with Gasteiger partial charge in [-0.1, -0.05) is 6.92 Å². The summed E-state index contributed by atoms with van der Waals surface area (Å²) in [6.45, 7) is 1.99. The van der Waals surface area contributed by atoms with E-state index < -0.39 is 6.10 Å². The third kappa shape index (κ3) is 4.88. The molecule has 120 valence electrons. The largest absolute Gasteiger partial charge is 0.497 e. The molecule has 2 N–H and O–H groups in total. The molecule has 0 radical (unpaired) electrons. The van der Waals surface area contributed by atoms with E-state index in [-0.39, 0.29) is 18.6 Å². The van der Waals surface area contributed by atoms with E-state index in [2.05, 4.69) is 0 Å². The van der Waals surface area contributed by atoms with Gasteiger partial charge in [0.1, 0.15) is 11.5 Å². The van der Waals surface area contributed by atoms with E-state index in [1.165, 1.54) is 0 Å². The van der Waals surface area contributed by atoms with E-state index in [4.69, 9.17) is 19.3 Å². The number of benzene rings is 1. The fraction of sp³-hybridized carbons (Fsp3) is 0.625. The van der Waals surface area contributed by atoms with Gasteiger partial charge in [0.05, 0.1) is 26.4 Å². The third-order valence-corrected chi connectivity index (χ3v) is 3.62. The van der Waals surface area contributed by atoms with Gasteiger partial charge in [0.15, 0.2) is 0 Å². The minimum Gasteiger partial charge on any atom is -0.497 e. The van der Waals surface area contributed by atoms with Gasteiger partial charge < -0.3 is 24.4 Å². The molecule has 0 heterocycles. The lowest BCUT2D eigenvalue weighted by Crippen LogP contribution is -2.20. The molecule has 0 aliphatic heterocycles. The van der Waals surface area contributed by atoms with Gasteiger partial charge in [-0.3, -0.25) is 0 Å². The molecule has 0 saturated heterocycles. The van der Waals surface area contributed by atoms with E-state index in [9.17, 15) is 5.11 Å². The zero-order chi connectivity index (χ0) is 15.8. The normalized spacial score (nSPS) is 15.3. The number of hydrogen-bond donors (Lipinski definition) is 2. The molecule has 1 aromatic rings. The minimum absolute atomic E-state index is 0.0198. The fourth-order valence-corrected chi connectivity index (χ4v) is 2.55. The Morgan fingerprint density at radius 2 is 1.86 bits per heavy atom. The number of methoxy groups -OCH3 is 3. The maximum Gasteiger partial charge on any atom is 0.124 e. The van der Waals surface area contributed by atoms with Gasteiger partial charge in [0, 0.05) is 19.3 Å². The first-order valence-electron chi connectivity index (χ1n) is 7.11. The maximum absolute atomic E-state index is 9.87. The van der Waals surface area contributed by atoms with Crippen LogP contribution in [0, 0.1) is 5.92 Å². The minimum atomic E-state index is -0.542. The molecule has 0 aromatic heterocycles. The van der Waals surface area contributed by atoms with Crippen LogP contribution in [0.5, 0.6) is 11.5 Å². The van der Waals surface area contributed by atoms with Crippen molar-refractivity contribution in [3.8, 4) is 11.5 Å². The van der Waals surface area contributed by atoms with Crippen molar-refractivity contribution < 1.29 is 24.4 Å². The van der Waals surface area contributed by atoms with Crippen LogP contribution in [-0.4, -0.2) is 44.3 Å². The van der Waals surface area contributed by atoms with Gasteiger partial charge in [-0.05, 0) is 37.0 Å². The zero-order valence-corrected chi connectivity index (χ0v) is 13.2. The molecular weight excluding hydrogens is 272 g/mol. The van der Waals surface area contributed by atoms with Gasteiger partial charge in [-0.2, -0.15) is 0 Å². The maximum atomic E-state index is 9.87. The molecule has 1 rings (SSSR count). The second kappa shape index (κ2) is 8.87. The SMILES string of the molecule is COc1ccc(OC)c([C@@H](OC)[C@H](C)C[C@@H](O)CCO)c1. The highest BCUT2D eigenvalue weighted by atomic mass is 16.5. The second-order valence-electron chi connectivity index (χ2n) is 5.14. The summed E-state index contributed by atoms with van der Waals surface area (Å²) in [5, 5.41) is 18.8. The Bertz CT molecular complexity index is 421. The molecule has 0 aliphatic rings. The Kier molecular flexibility index (Phi) is 7.50. The Hall–Kier alpha value is -1.30. The quantitative estimate of drug-likeness (QED) is 0.731. The molecule has 0 bridgehead atoms. The number of hydrogen-bond acceptors (Lipinski definition) is 5. The smallest absolute Gasteiger partial charge is 0.124 e. The van der Waals surface area contributed by atoms with Gasteiger partial charge in [0.2, 0.25) is 0 Å². The number of rotatable bonds is 9. The molecule has 1 aromatic carbocycles. The zero-order valence-electron chi connectivity index (χ0n) is 13.2. The van der Waals surface area contributed by atoms with Crippen molar-refractivity contribution in [2.45, 2.75) is 32.0 Å². The third-order valence-electron chi connectivity index (χ3n) is 3.62. The van der Waals surface area contributed by atoms with E-state index in [1.54, 1.807) is 21.3 Å². The van der Waals surface area contributed by atoms with Crippen LogP contribution in [0.2, 0.25) is 0 Å². The lowest BCUT2D eigenvalue weighted by molar-refractivity contribution is 0.0247. The Labute approximate surface area is 126 Å². The summed E-state index contributed by atoms with van der Waals surface area (Å²) in [4.78, 5) is 0. The predicted molar refractivity (Wildman–Crippen MR) is 80.8 cm³/mol. The first-order chi connectivity index (χ1) is 10.1. The lowest BCUT2D eigenvalue weighted by atomic mass is 9.90. The molecule has 0 spiro atoms. The van der Waals surface area contributed by atoms with Crippen molar-refractivity contribution in [2.75, 3.05) is 27.9 Å². The molecule has 0 unspecified atom stereocenters. The fourth-order valence-electron chi connectivity index (χ4n) is 2.55. The summed E-state index contributed by atoms with van der Waals surface area (Å²) in [7, 11) is 4.86. The molecule has 0 amide bonds. The van der Waals surface area contributed by atoms with Crippen LogP contribution in [0.1, 0.15) is 31.4 Å². The standard InChI is InChI=1S/C16H26O5/c1-11(9-12(18)7-8-17)16(21-4)14-10-13(19-2)5-6-15(14)20-3/h5-6,10-12,16-18H,7-9H2,1-4H3/t11-,12+,16+/m1/s1. The lowest BCUT2D eigenvalue weighted by Gasteiger charge is -2.26. The average molecular weight is 298 g/mol. The molecule has 5 nitrogen and oxygen atoms in total. The first kappa shape index (κ1) is 17.8. The van der Waals surface area contributed by atoms with Crippen LogP contribution in [0.3, 0.4) is 0 Å². The number of aliphatic hydroxyl groups excluding tert-OH is 2. The Morgan fingerprint density at radius 3 is 2.38 bits per heavy atom. The van der Waals surface area contributed by atoms with Crippen molar-refractivity contribution in [3.05, 3.63) is 23.8 Å². The number of ether oxygens (including phenoxy) is 3. The molecule has 0 fully saturated rings. The van der Waals surface area contributed by atoms with Gasteiger partial charge >= 0.3 is 0 Å². The van der Waals surface area contributed by atoms with Crippen molar-refractivity contribution in [1.29, 1.82) is 0 Å². The monoisotopic (exact) mass is 298 g/mol. The predicted octanol–water partition coefficient (Wildman–Crippen LogP) is 2.16. The van der Waals surface area contributed by atoms with E-state index >= 15 is 0 Å². The number of aliphatic hydroxyl groups is 2. The van der Waals surface area contributed by atoms with E-state index in [0.717, 1.165) is 17.1 Å². The molecular formula is C16H26O5. The van der Waals surface area contributed by atoms with Crippen LogP contribution in [-0.2, 0) is 4.74 Å². The average Bonchev–Trinajstić information content (AvgIpc) is 2.48. The van der Waals surface area contributed by atoms with Gasteiger partial charge in [-0.25, -0.2) is 0 Å². The Balaban J connectivity index is 2.97. The summed E-state index contributed by atoms with van der Waals surface area (Å²) >= 11 is 0. The Morgan fingerprint density at radius 1 is 1.14 bits per heavy atom. The van der Waals surface area contributed by atoms with Gasteiger partial charge in [0.25, 0.3) is 0 Å². The highest BCUT2D eigenvalue weighted by molar-refractivity contribution is 5.42. The molecule has 5 heteroatoms. The highest BCUT2D eigenvalue weighted by Crippen LogP contribution is 2.37. The van der Waals surface area contributed by atoms with Crippen LogP contribution >= 0.6 is 0 Å². The van der Waals surface area contributed by atoms with Crippen molar-refractivity contribution in [1.82, 2.24) is 0 Å². The van der Waals surface area contributed by atoms with Crippen molar-refractivity contribution in [3.63, 3.8) is 0 Å². The molecule has 21 heavy (non-hydrogen) atoms. The van der Waals surface area contributed by atoms with Crippen LogP contribution < -0.4 is 9.47 Å². The first-order valence-corrected chi connectivity index (χ1v) is 7.11. The van der Waals surface area contributed by atoms with Crippen LogP contribution in [0.15, 0.2) is 18.2 Å². The van der Waals surface area contributed by atoms with Gasteiger partial charge in [-0.15, -0.1) is 0 Å². The van der Waals surface area contributed by atoms with E-state index in [1.807, 2.05) is 25.1 Å². The van der Waals surface area contributed by atoms with E-state index in [0.29, 0.717) is 12.8 Å². The molecule has 0 aliphatic carbocycles. The summed E-state index contributed by atoms with van der Waals surface area (Å²) in [5.74, 6) is 1.53. The molecule has 3 atom stereocenters. The molecule has 0 saturated carbocycles. The van der Waals surface area contributed by atoms with Crippen LogP contribution in [0.25, 0.3) is 0 Å². The topological polar surface area (TPSA) is 68.2 Å². The summed E-state index contributed by atoms with van der Waals surface area (Å²) < 4.78 is 16.3. The van der Waals surface area contributed by atoms with Crippen molar-refractivity contribution in [2.24, 2.45) is 5.92 Å². The second-order valence-corrected chi connectivity index (χ2v) is 5.14. The van der Waals surface area contributed by atoms with Crippen molar-refractivity contribution >= 4 is 0 Å². The summed E-state index contributed by atoms with van der Waals surface area (Å²) in [6.07, 6.45) is 0.151. The van der Waals surface area contributed by atoms with Crippen LogP contribution in [0.4, 0.5) is 0 Å².